The van der Waals surface area contributed by atoms with E-state index in [1.807, 2.05) is 27.7 Å². The summed E-state index contributed by atoms with van der Waals surface area (Å²) in [6, 6.07) is 4.51. The van der Waals surface area contributed by atoms with Crippen molar-refractivity contribution < 1.29 is 9.72 Å². The zero-order valence-corrected chi connectivity index (χ0v) is 15.4. The maximum Gasteiger partial charge on any atom is 0.288 e. The van der Waals surface area contributed by atoms with Crippen molar-refractivity contribution in [2.45, 2.75) is 39.8 Å². The summed E-state index contributed by atoms with van der Waals surface area (Å²) < 4.78 is 0. The van der Waals surface area contributed by atoms with Gasteiger partial charge in [-0.25, -0.2) is 0 Å². The first kappa shape index (κ1) is 18.5. The van der Waals surface area contributed by atoms with Crippen molar-refractivity contribution in [2.24, 2.45) is 4.99 Å². The van der Waals surface area contributed by atoms with Crippen molar-refractivity contribution in [3.8, 4) is 0 Å². The van der Waals surface area contributed by atoms with Gasteiger partial charge in [-0.15, -0.1) is 0 Å². The Kier molecular flexibility index (Phi) is 5.66. The minimum Gasteiger partial charge on any atom is -0.284 e. The number of nitro benzene ring substituents is 1. The highest BCUT2D eigenvalue weighted by Crippen LogP contribution is 2.35. The molecule has 8 heteroatoms. The van der Waals surface area contributed by atoms with Gasteiger partial charge in [0.1, 0.15) is 5.02 Å². The van der Waals surface area contributed by atoms with E-state index in [0.29, 0.717) is 15.6 Å². The molecule has 128 valence electrons. The van der Waals surface area contributed by atoms with Gasteiger partial charge >= 0.3 is 0 Å². The van der Waals surface area contributed by atoms with Crippen LogP contribution in [0.4, 0.5) is 5.69 Å². The minimum absolute atomic E-state index is 0.0204. The van der Waals surface area contributed by atoms with Crippen molar-refractivity contribution in [3.05, 3.63) is 43.8 Å². The van der Waals surface area contributed by atoms with Crippen LogP contribution in [-0.2, 0) is 4.79 Å². The molecule has 1 aromatic rings. The zero-order valence-electron chi connectivity index (χ0n) is 13.8. The van der Waals surface area contributed by atoms with E-state index in [9.17, 15) is 14.9 Å². The third-order valence-electron chi connectivity index (χ3n) is 3.19. The molecule has 2 rings (SSSR count). The number of benzene rings is 1. The van der Waals surface area contributed by atoms with Gasteiger partial charge in [0.2, 0.25) is 0 Å². The molecule has 1 fully saturated rings. The average molecular weight is 368 g/mol. The Morgan fingerprint density at radius 1 is 1.33 bits per heavy atom. The van der Waals surface area contributed by atoms with Gasteiger partial charge in [0.25, 0.3) is 11.6 Å². The van der Waals surface area contributed by atoms with Crippen LogP contribution in [-0.4, -0.2) is 33.0 Å². The van der Waals surface area contributed by atoms with Crippen molar-refractivity contribution in [3.63, 3.8) is 0 Å². The fourth-order valence-corrected chi connectivity index (χ4v) is 3.58. The maximum atomic E-state index is 12.6. The number of thioether (sulfide) groups is 1. The lowest BCUT2D eigenvalue weighted by molar-refractivity contribution is -0.384. The molecular formula is C16H18ClN3O3S. The lowest BCUT2D eigenvalue weighted by atomic mass is 10.2. The second kappa shape index (κ2) is 7.36. The number of halogens is 1. The standard InChI is InChI=1S/C16H18ClN3O3S/c1-9(2)18-16-19(10(3)4)15(21)14(24-16)8-11-5-6-12(17)13(7-11)20(22)23/h5-10H,1-4H3/b14-8+,18-16?. The van der Waals surface area contributed by atoms with Crippen molar-refractivity contribution in [2.75, 3.05) is 0 Å². The van der Waals surface area contributed by atoms with Gasteiger partial charge < -0.3 is 0 Å². The highest BCUT2D eigenvalue weighted by Gasteiger charge is 2.35. The number of rotatable bonds is 4. The van der Waals surface area contributed by atoms with Crippen LogP contribution in [0.15, 0.2) is 28.1 Å². The molecule has 0 saturated carbocycles. The SMILES string of the molecule is CC(C)N=C1S/C(=C/c2ccc(Cl)c([N+](=O)[O-])c2)C(=O)N1C(C)C. The molecule has 0 aromatic heterocycles. The van der Waals surface area contributed by atoms with Gasteiger partial charge in [0.15, 0.2) is 5.17 Å². The van der Waals surface area contributed by atoms with Crippen molar-refractivity contribution in [1.29, 1.82) is 0 Å². The van der Waals surface area contributed by atoms with E-state index in [1.165, 1.54) is 23.9 Å². The molecule has 0 bridgehead atoms. The summed E-state index contributed by atoms with van der Waals surface area (Å²) in [4.78, 5) is 29.7. The molecule has 1 aliphatic heterocycles. The van der Waals surface area contributed by atoms with Crippen LogP contribution in [0, 0.1) is 10.1 Å². The van der Waals surface area contributed by atoms with Crippen molar-refractivity contribution >= 4 is 46.2 Å². The molecule has 0 radical (unpaired) electrons. The number of hydrogen-bond donors (Lipinski definition) is 0. The van der Waals surface area contributed by atoms with E-state index in [4.69, 9.17) is 11.6 Å². The third-order valence-corrected chi connectivity index (χ3v) is 4.50. The second-order valence-corrected chi connectivity index (χ2v) is 7.27. The predicted octanol–water partition coefficient (Wildman–Crippen LogP) is 4.34. The molecule has 0 aliphatic carbocycles. The van der Waals surface area contributed by atoms with Crippen LogP contribution in [0.25, 0.3) is 6.08 Å². The summed E-state index contributed by atoms with van der Waals surface area (Å²) in [5.41, 5.74) is 0.370. The van der Waals surface area contributed by atoms with Gasteiger partial charge in [0, 0.05) is 18.2 Å². The largest absolute Gasteiger partial charge is 0.288 e. The van der Waals surface area contributed by atoms with Crippen LogP contribution in [0.5, 0.6) is 0 Å². The van der Waals surface area contributed by atoms with Gasteiger partial charge in [-0.2, -0.15) is 0 Å². The molecule has 1 saturated heterocycles. The van der Waals surface area contributed by atoms with Crippen LogP contribution in [0.2, 0.25) is 5.02 Å². The molecule has 0 atom stereocenters. The molecule has 0 N–H and O–H groups in total. The Balaban J connectivity index is 2.42. The molecular weight excluding hydrogens is 350 g/mol. The fraction of sp³-hybridized carbons (Fsp3) is 0.375. The number of hydrogen-bond acceptors (Lipinski definition) is 5. The molecule has 24 heavy (non-hydrogen) atoms. The average Bonchev–Trinajstić information content (AvgIpc) is 2.75. The summed E-state index contributed by atoms with van der Waals surface area (Å²) in [5, 5.41) is 11.7. The van der Waals surface area contributed by atoms with Gasteiger partial charge in [-0.05, 0) is 57.2 Å². The number of nitro groups is 1. The predicted molar refractivity (Wildman–Crippen MR) is 98.2 cm³/mol. The molecule has 0 unspecified atom stereocenters. The maximum absolute atomic E-state index is 12.6. The van der Waals surface area contributed by atoms with Gasteiger partial charge in [-0.3, -0.25) is 24.8 Å². The number of nitrogens with zero attached hydrogens (tertiary/aromatic N) is 3. The molecule has 1 aromatic carbocycles. The monoisotopic (exact) mass is 367 g/mol. The number of carbonyl (C=O) groups is 1. The Morgan fingerprint density at radius 2 is 2.00 bits per heavy atom. The highest BCUT2D eigenvalue weighted by atomic mass is 35.5. The van der Waals surface area contributed by atoms with Crippen LogP contribution in [0.3, 0.4) is 0 Å². The van der Waals surface area contributed by atoms with E-state index in [-0.39, 0.29) is 28.7 Å². The topological polar surface area (TPSA) is 75.8 Å². The Hall–Kier alpha value is -1.86. The summed E-state index contributed by atoms with van der Waals surface area (Å²) in [6.45, 7) is 7.73. The first-order valence-corrected chi connectivity index (χ1v) is 8.65. The molecule has 6 nitrogen and oxygen atoms in total. The Bertz CT molecular complexity index is 744. The summed E-state index contributed by atoms with van der Waals surface area (Å²) in [5.74, 6) is -0.146. The molecule has 0 spiro atoms. The Morgan fingerprint density at radius 3 is 2.54 bits per heavy atom. The number of aliphatic imine (C=N–C) groups is 1. The fourth-order valence-electron chi connectivity index (χ4n) is 2.16. The quantitative estimate of drug-likeness (QED) is 0.450. The molecule has 1 heterocycles. The van der Waals surface area contributed by atoms with Crippen molar-refractivity contribution in [1.82, 2.24) is 4.90 Å². The minimum atomic E-state index is -0.542. The summed E-state index contributed by atoms with van der Waals surface area (Å²) >= 11 is 7.10. The number of amides is 1. The van der Waals surface area contributed by atoms with E-state index in [1.54, 1.807) is 17.0 Å². The van der Waals surface area contributed by atoms with Crippen LogP contribution >= 0.6 is 23.4 Å². The first-order valence-electron chi connectivity index (χ1n) is 7.45. The number of amidine groups is 1. The first-order chi connectivity index (χ1) is 11.2. The third kappa shape index (κ3) is 3.96. The molecule has 1 aliphatic rings. The number of carbonyl (C=O) groups excluding carboxylic acids is 1. The smallest absolute Gasteiger partial charge is 0.284 e. The van der Waals surface area contributed by atoms with Gasteiger partial charge in [0.05, 0.1) is 9.83 Å². The normalized spacial score (nSPS) is 18.5. The lowest BCUT2D eigenvalue weighted by Crippen LogP contribution is -2.35. The van der Waals surface area contributed by atoms with Gasteiger partial charge in [-0.1, -0.05) is 17.7 Å². The highest BCUT2D eigenvalue weighted by molar-refractivity contribution is 8.18. The Labute approximate surface area is 149 Å². The molecule has 1 amide bonds. The van der Waals surface area contributed by atoms with E-state index in [0.717, 1.165) is 0 Å². The van der Waals surface area contributed by atoms with E-state index in [2.05, 4.69) is 4.99 Å². The second-order valence-electron chi connectivity index (χ2n) is 5.85. The summed E-state index contributed by atoms with van der Waals surface area (Å²) in [7, 11) is 0. The lowest BCUT2D eigenvalue weighted by Gasteiger charge is -2.20. The summed E-state index contributed by atoms with van der Waals surface area (Å²) in [6.07, 6.45) is 1.63. The van der Waals surface area contributed by atoms with E-state index < -0.39 is 4.92 Å². The van der Waals surface area contributed by atoms with Crippen LogP contribution in [0.1, 0.15) is 33.3 Å². The van der Waals surface area contributed by atoms with Crippen LogP contribution < -0.4 is 0 Å². The zero-order chi connectivity index (χ0) is 18.0. The van der Waals surface area contributed by atoms with E-state index >= 15 is 0 Å².